The van der Waals surface area contributed by atoms with Crippen LogP contribution in [0.1, 0.15) is 17.0 Å². The van der Waals surface area contributed by atoms with Gasteiger partial charge in [0.05, 0.1) is 0 Å². The number of fused-ring (bicyclic) bond motifs is 1. The fourth-order valence-electron chi connectivity index (χ4n) is 3.75. The fourth-order valence-corrected chi connectivity index (χ4v) is 3.75. The summed E-state index contributed by atoms with van der Waals surface area (Å²) in [5.41, 5.74) is 4.24. The molecule has 1 saturated heterocycles. The molecule has 0 atom stereocenters. The summed E-state index contributed by atoms with van der Waals surface area (Å²) in [5.74, 6) is 0.993. The molecule has 1 N–H and O–H groups in total. The molecule has 1 aliphatic rings. The maximum absolute atomic E-state index is 12.5. The van der Waals surface area contributed by atoms with Crippen LogP contribution in [0.25, 0.3) is 11.2 Å². The monoisotopic (exact) mass is 392 g/mol. The Hall–Kier alpha value is -2.93. The van der Waals surface area contributed by atoms with Crippen LogP contribution in [0.2, 0.25) is 0 Å². The summed E-state index contributed by atoms with van der Waals surface area (Å²) in [4.78, 5) is 25.8. The average Bonchev–Trinajstić information content (AvgIpc) is 3.07. The minimum absolute atomic E-state index is 0.0193. The van der Waals surface area contributed by atoms with Crippen LogP contribution in [0, 0.1) is 13.8 Å². The maximum Gasteiger partial charge on any atom is 0.317 e. The molecular formula is C22H28N6O. The highest BCUT2D eigenvalue weighted by molar-refractivity contribution is 5.74. The number of amides is 2. The first-order chi connectivity index (χ1) is 14.1. The minimum Gasteiger partial charge on any atom is -0.334 e. The number of benzene rings is 1. The van der Waals surface area contributed by atoms with Crippen LogP contribution < -0.4 is 5.32 Å². The summed E-state index contributed by atoms with van der Waals surface area (Å²) in [6, 6.07) is 12.2. The zero-order chi connectivity index (χ0) is 20.2. The quantitative estimate of drug-likeness (QED) is 0.725. The van der Waals surface area contributed by atoms with E-state index in [0.717, 1.165) is 61.8 Å². The van der Waals surface area contributed by atoms with Crippen molar-refractivity contribution in [2.45, 2.75) is 26.9 Å². The van der Waals surface area contributed by atoms with Crippen molar-refractivity contribution in [1.82, 2.24) is 29.7 Å². The van der Waals surface area contributed by atoms with E-state index in [9.17, 15) is 4.79 Å². The van der Waals surface area contributed by atoms with Crippen LogP contribution in [0.4, 0.5) is 4.79 Å². The predicted octanol–water partition coefficient (Wildman–Crippen LogP) is 2.58. The third kappa shape index (κ3) is 4.56. The lowest BCUT2D eigenvalue weighted by Gasteiger charge is -2.34. The van der Waals surface area contributed by atoms with Gasteiger partial charge in [-0.2, -0.15) is 0 Å². The number of imidazole rings is 1. The van der Waals surface area contributed by atoms with Gasteiger partial charge < -0.3 is 14.8 Å². The molecule has 0 radical (unpaired) electrons. The second-order valence-corrected chi connectivity index (χ2v) is 7.63. The second kappa shape index (κ2) is 8.61. The Morgan fingerprint density at radius 3 is 2.55 bits per heavy atom. The Bertz CT molecular complexity index is 973. The molecule has 1 fully saturated rings. The lowest BCUT2D eigenvalue weighted by Crippen LogP contribution is -2.52. The highest BCUT2D eigenvalue weighted by Crippen LogP contribution is 2.13. The highest BCUT2D eigenvalue weighted by Gasteiger charge is 2.21. The number of piperazine rings is 1. The van der Waals surface area contributed by atoms with Gasteiger partial charge in [-0.3, -0.25) is 4.90 Å². The first-order valence-corrected chi connectivity index (χ1v) is 10.2. The normalized spacial score (nSPS) is 15.0. The van der Waals surface area contributed by atoms with E-state index in [-0.39, 0.29) is 6.03 Å². The number of nitrogens with one attached hydrogen (secondary N) is 1. The van der Waals surface area contributed by atoms with Crippen LogP contribution in [0.5, 0.6) is 0 Å². The molecule has 0 aliphatic carbocycles. The number of carbonyl (C=O) groups excluding carboxylic acids is 1. The summed E-state index contributed by atoms with van der Waals surface area (Å²) in [6.07, 6.45) is 1.81. The van der Waals surface area contributed by atoms with Gasteiger partial charge in [-0.05, 0) is 31.5 Å². The Morgan fingerprint density at radius 2 is 1.79 bits per heavy atom. The maximum atomic E-state index is 12.5. The van der Waals surface area contributed by atoms with Gasteiger partial charge in [0.2, 0.25) is 0 Å². The zero-order valence-corrected chi connectivity index (χ0v) is 17.1. The number of hydrogen-bond acceptors (Lipinski definition) is 4. The molecular weight excluding hydrogens is 364 g/mol. The van der Waals surface area contributed by atoms with Crippen LogP contribution in [0.3, 0.4) is 0 Å². The molecule has 2 aromatic heterocycles. The van der Waals surface area contributed by atoms with E-state index in [1.165, 1.54) is 5.56 Å². The van der Waals surface area contributed by atoms with E-state index in [1.54, 1.807) is 0 Å². The van der Waals surface area contributed by atoms with Crippen molar-refractivity contribution in [3.05, 3.63) is 59.5 Å². The smallest absolute Gasteiger partial charge is 0.317 e. The van der Waals surface area contributed by atoms with E-state index < -0.39 is 0 Å². The molecule has 1 aromatic carbocycles. The van der Waals surface area contributed by atoms with E-state index >= 15 is 0 Å². The van der Waals surface area contributed by atoms with Gasteiger partial charge in [-0.1, -0.05) is 29.8 Å². The molecule has 0 saturated carbocycles. The van der Waals surface area contributed by atoms with Gasteiger partial charge in [0.25, 0.3) is 0 Å². The van der Waals surface area contributed by atoms with Crippen LogP contribution in [0.15, 0.2) is 42.6 Å². The average molecular weight is 393 g/mol. The van der Waals surface area contributed by atoms with Gasteiger partial charge in [0, 0.05) is 52.0 Å². The third-order valence-corrected chi connectivity index (χ3v) is 5.56. The Balaban J connectivity index is 1.24. The summed E-state index contributed by atoms with van der Waals surface area (Å²) < 4.78 is 2.18. The number of pyridine rings is 1. The van der Waals surface area contributed by atoms with Gasteiger partial charge in [-0.15, -0.1) is 0 Å². The minimum atomic E-state index is 0.0193. The molecule has 2 amide bonds. The summed E-state index contributed by atoms with van der Waals surface area (Å²) >= 11 is 0. The second-order valence-electron chi connectivity index (χ2n) is 7.63. The topological polar surface area (TPSA) is 66.3 Å². The van der Waals surface area contributed by atoms with Gasteiger partial charge in [0.15, 0.2) is 5.65 Å². The number of aromatic nitrogens is 3. The third-order valence-electron chi connectivity index (χ3n) is 5.56. The van der Waals surface area contributed by atoms with Crippen LogP contribution in [-0.2, 0) is 13.1 Å². The summed E-state index contributed by atoms with van der Waals surface area (Å²) in [5, 5.41) is 3.03. The standard InChI is InChI=1S/C22H28N6O/c1-17-5-7-19(8-6-17)16-24-22(29)27-13-10-26(11-14-27)12-15-28-18(2)25-20-4-3-9-23-21(20)28/h3-9H,10-16H2,1-2H3,(H,24,29). The first-order valence-electron chi connectivity index (χ1n) is 10.2. The largest absolute Gasteiger partial charge is 0.334 e. The number of nitrogens with zero attached hydrogens (tertiary/aromatic N) is 5. The van der Waals surface area contributed by atoms with Crippen molar-refractivity contribution in [1.29, 1.82) is 0 Å². The molecule has 0 bridgehead atoms. The molecule has 0 unspecified atom stereocenters. The number of rotatable bonds is 5. The Morgan fingerprint density at radius 1 is 1.03 bits per heavy atom. The molecule has 7 nitrogen and oxygen atoms in total. The van der Waals surface area contributed by atoms with E-state index in [0.29, 0.717) is 6.54 Å². The van der Waals surface area contributed by atoms with Crippen LogP contribution in [-0.4, -0.2) is 63.1 Å². The lowest BCUT2D eigenvalue weighted by atomic mass is 10.1. The molecule has 152 valence electrons. The van der Waals surface area contributed by atoms with Gasteiger partial charge in [-0.25, -0.2) is 14.8 Å². The van der Waals surface area contributed by atoms with E-state index in [4.69, 9.17) is 0 Å². The van der Waals surface area contributed by atoms with Crippen molar-refractivity contribution in [3.63, 3.8) is 0 Å². The first kappa shape index (κ1) is 19.4. The molecule has 3 heterocycles. The lowest BCUT2D eigenvalue weighted by molar-refractivity contribution is 0.136. The van der Waals surface area contributed by atoms with Crippen LogP contribution >= 0.6 is 0 Å². The zero-order valence-electron chi connectivity index (χ0n) is 17.1. The van der Waals surface area contributed by atoms with Crippen molar-refractivity contribution >= 4 is 17.2 Å². The van der Waals surface area contributed by atoms with Crippen molar-refractivity contribution in [2.75, 3.05) is 32.7 Å². The summed E-state index contributed by atoms with van der Waals surface area (Å²) in [6.45, 7) is 9.73. The Labute approximate surface area is 171 Å². The van der Waals surface area contributed by atoms with E-state index in [2.05, 4.69) is 55.9 Å². The fraction of sp³-hybridized carbons (Fsp3) is 0.409. The molecule has 29 heavy (non-hydrogen) atoms. The number of carbonyl (C=O) groups is 1. The van der Waals surface area contributed by atoms with Crippen molar-refractivity contribution < 1.29 is 4.79 Å². The van der Waals surface area contributed by atoms with E-state index in [1.807, 2.05) is 30.2 Å². The molecule has 4 rings (SSSR count). The Kier molecular flexibility index (Phi) is 5.76. The number of urea groups is 1. The van der Waals surface area contributed by atoms with Crippen molar-refractivity contribution in [2.24, 2.45) is 0 Å². The van der Waals surface area contributed by atoms with Gasteiger partial charge >= 0.3 is 6.03 Å². The molecule has 7 heteroatoms. The predicted molar refractivity (Wildman–Crippen MR) is 114 cm³/mol. The SMILES string of the molecule is Cc1ccc(CNC(=O)N2CCN(CCn3c(C)nc4cccnc43)CC2)cc1. The number of hydrogen-bond donors (Lipinski definition) is 1. The molecule has 1 aliphatic heterocycles. The van der Waals surface area contributed by atoms with Gasteiger partial charge in [0.1, 0.15) is 11.3 Å². The van der Waals surface area contributed by atoms with Crippen molar-refractivity contribution in [3.8, 4) is 0 Å². The molecule has 0 spiro atoms. The number of aryl methyl sites for hydroxylation is 2. The molecule has 3 aromatic rings. The highest BCUT2D eigenvalue weighted by atomic mass is 16.2. The summed E-state index contributed by atoms with van der Waals surface area (Å²) in [7, 11) is 0.